The molecule has 1 heterocycles. The standard InChI is InChI=1S/C13H16ClNO5S/c14-11-3-1-2-4-12(11)21(18,19)15-7-5-10(6-8-15)20-9-13(16)17/h1-4,10H,5-9H2,(H,16,17). The van der Waals surface area contributed by atoms with Gasteiger partial charge >= 0.3 is 5.97 Å². The van der Waals surface area contributed by atoms with Gasteiger partial charge in [0.2, 0.25) is 10.0 Å². The van der Waals surface area contributed by atoms with Crippen LogP contribution in [-0.2, 0) is 19.6 Å². The molecule has 0 radical (unpaired) electrons. The summed E-state index contributed by atoms with van der Waals surface area (Å²) < 4.78 is 31.5. The zero-order valence-corrected chi connectivity index (χ0v) is 12.8. The topological polar surface area (TPSA) is 83.9 Å². The lowest BCUT2D eigenvalue weighted by Gasteiger charge is -2.31. The predicted octanol–water partition coefficient (Wildman–Crippen LogP) is 1.59. The van der Waals surface area contributed by atoms with Gasteiger partial charge in [0.25, 0.3) is 0 Å². The lowest BCUT2D eigenvalue weighted by molar-refractivity contribution is -0.145. The maximum absolute atomic E-state index is 12.5. The molecule has 1 saturated heterocycles. The summed E-state index contributed by atoms with van der Waals surface area (Å²) in [6, 6.07) is 6.32. The summed E-state index contributed by atoms with van der Waals surface area (Å²) in [5.41, 5.74) is 0. The van der Waals surface area contributed by atoms with Crippen molar-refractivity contribution in [2.75, 3.05) is 19.7 Å². The second-order valence-corrected chi connectivity index (χ2v) is 7.05. The fraction of sp³-hybridized carbons (Fsp3) is 0.462. The van der Waals surface area contributed by atoms with E-state index in [1.54, 1.807) is 12.1 Å². The van der Waals surface area contributed by atoms with Crippen molar-refractivity contribution >= 4 is 27.6 Å². The monoisotopic (exact) mass is 333 g/mol. The Labute approximate surface area is 128 Å². The molecule has 0 aromatic heterocycles. The molecule has 1 aromatic carbocycles. The van der Waals surface area contributed by atoms with Crippen LogP contribution in [0.5, 0.6) is 0 Å². The van der Waals surface area contributed by atoms with Crippen LogP contribution in [-0.4, -0.2) is 49.6 Å². The van der Waals surface area contributed by atoms with Crippen LogP contribution in [0.3, 0.4) is 0 Å². The van der Waals surface area contributed by atoms with E-state index in [2.05, 4.69) is 0 Å². The molecule has 0 atom stereocenters. The summed E-state index contributed by atoms with van der Waals surface area (Å²) in [5, 5.41) is 8.75. The lowest BCUT2D eigenvalue weighted by atomic mass is 10.1. The quantitative estimate of drug-likeness (QED) is 0.884. The van der Waals surface area contributed by atoms with Gasteiger partial charge in [-0.05, 0) is 25.0 Å². The summed E-state index contributed by atoms with van der Waals surface area (Å²) in [6.07, 6.45) is 0.715. The van der Waals surface area contributed by atoms with Crippen molar-refractivity contribution < 1.29 is 23.1 Å². The third kappa shape index (κ3) is 3.94. The first-order chi connectivity index (χ1) is 9.91. The van der Waals surface area contributed by atoms with Crippen molar-refractivity contribution in [2.24, 2.45) is 0 Å². The second-order valence-electron chi connectivity index (χ2n) is 4.74. The number of halogens is 1. The lowest BCUT2D eigenvalue weighted by Crippen LogP contribution is -2.41. The number of carboxylic acids is 1. The van der Waals surface area contributed by atoms with Crippen LogP contribution in [0.1, 0.15) is 12.8 Å². The average Bonchev–Trinajstić information content (AvgIpc) is 2.46. The number of carboxylic acid groups (broad SMARTS) is 1. The molecule has 1 aliphatic heterocycles. The van der Waals surface area contributed by atoms with Gasteiger partial charge in [0.15, 0.2) is 0 Å². The molecule has 0 amide bonds. The van der Waals surface area contributed by atoms with E-state index < -0.39 is 16.0 Å². The van der Waals surface area contributed by atoms with E-state index in [-0.39, 0.29) is 35.7 Å². The fourth-order valence-corrected chi connectivity index (χ4v) is 4.18. The van der Waals surface area contributed by atoms with Gasteiger partial charge in [0, 0.05) is 13.1 Å². The third-order valence-corrected chi connectivity index (χ3v) is 5.70. The molecule has 1 fully saturated rings. The predicted molar refractivity (Wildman–Crippen MR) is 76.8 cm³/mol. The summed E-state index contributed by atoms with van der Waals surface area (Å²) in [7, 11) is -3.62. The number of piperidine rings is 1. The van der Waals surface area contributed by atoms with Gasteiger partial charge in [0.1, 0.15) is 11.5 Å². The molecule has 0 aliphatic carbocycles. The summed E-state index contributed by atoms with van der Waals surface area (Å²) in [6.45, 7) is 0.220. The molecule has 8 heteroatoms. The summed E-state index contributed by atoms with van der Waals surface area (Å²) in [4.78, 5) is 10.5. The first-order valence-electron chi connectivity index (χ1n) is 6.49. The van der Waals surface area contributed by atoms with Crippen molar-refractivity contribution in [2.45, 2.75) is 23.8 Å². The number of hydrogen-bond donors (Lipinski definition) is 1. The van der Waals surface area contributed by atoms with Crippen molar-refractivity contribution in [1.82, 2.24) is 4.31 Å². The minimum Gasteiger partial charge on any atom is -0.480 e. The Hall–Kier alpha value is -1.15. The molecule has 1 aromatic rings. The zero-order valence-electron chi connectivity index (χ0n) is 11.2. The number of aliphatic carboxylic acids is 1. The molecule has 21 heavy (non-hydrogen) atoms. The number of ether oxygens (including phenoxy) is 1. The SMILES string of the molecule is O=C(O)COC1CCN(S(=O)(=O)c2ccccc2Cl)CC1. The molecule has 0 unspecified atom stereocenters. The van der Waals surface area contributed by atoms with Crippen molar-refractivity contribution in [3.8, 4) is 0 Å². The van der Waals surface area contributed by atoms with Gasteiger partial charge in [-0.1, -0.05) is 23.7 Å². The minimum atomic E-state index is -3.62. The van der Waals surface area contributed by atoms with E-state index in [0.717, 1.165) is 0 Å². The normalized spacial score (nSPS) is 17.8. The minimum absolute atomic E-state index is 0.0940. The maximum Gasteiger partial charge on any atom is 0.329 e. The molecular formula is C13H16ClNO5S. The van der Waals surface area contributed by atoms with E-state index in [0.29, 0.717) is 12.8 Å². The fourth-order valence-electron chi connectivity index (χ4n) is 2.22. The van der Waals surface area contributed by atoms with E-state index in [1.165, 1.54) is 16.4 Å². The number of sulfonamides is 1. The van der Waals surface area contributed by atoms with E-state index >= 15 is 0 Å². The average molecular weight is 334 g/mol. The number of benzene rings is 1. The summed E-state index contributed by atoms with van der Waals surface area (Å²) in [5.74, 6) is -1.03. The third-order valence-electron chi connectivity index (χ3n) is 3.30. The van der Waals surface area contributed by atoms with Crippen LogP contribution >= 0.6 is 11.6 Å². The van der Waals surface area contributed by atoms with Gasteiger partial charge in [-0.25, -0.2) is 13.2 Å². The van der Waals surface area contributed by atoms with Crippen LogP contribution in [0.25, 0.3) is 0 Å². The Morgan fingerprint density at radius 2 is 1.95 bits per heavy atom. The van der Waals surface area contributed by atoms with Crippen molar-refractivity contribution in [1.29, 1.82) is 0 Å². The molecule has 0 bridgehead atoms. The molecule has 6 nitrogen and oxygen atoms in total. The van der Waals surface area contributed by atoms with Gasteiger partial charge in [0.05, 0.1) is 11.1 Å². The highest BCUT2D eigenvalue weighted by Gasteiger charge is 2.31. The van der Waals surface area contributed by atoms with Gasteiger partial charge < -0.3 is 9.84 Å². The number of nitrogens with zero attached hydrogens (tertiary/aromatic N) is 1. The highest BCUT2D eigenvalue weighted by Crippen LogP contribution is 2.27. The molecule has 2 rings (SSSR count). The first-order valence-corrected chi connectivity index (χ1v) is 8.31. The van der Waals surface area contributed by atoms with Gasteiger partial charge in [-0.15, -0.1) is 0 Å². The van der Waals surface area contributed by atoms with Crippen LogP contribution in [0.2, 0.25) is 5.02 Å². The Bertz CT molecular complexity index is 611. The highest BCUT2D eigenvalue weighted by molar-refractivity contribution is 7.89. The van der Waals surface area contributed by atoms with Crippen LogP contribution in [0, 0.1) is 0 Å². The highest BCUT2D eigenvalue weighted by atomic mass is 35.5. The van der Waals surface area contributed by atoms with Crippen LogP contribution in [0.4, 0.5) is 0 Å². The Kier molecular flexibility index (Phi) is 5.21. The zero-order chi connectivity index (χ0) is 15.5. The Morgan fingerprint density at radius 1 is 1.33 bits per heavy atom. The van der Waals surface area contributed by atoms with E-state index in [1.807, 2.05) is 0 Å². The molecular weight excluding hydrogens is 318 g/mol. The van der Waals surface area contributed by atoms with Crippen molar-refractivity contribution in [3.63, 3.8) is 0 Å². The van der Waals surface area contributed by atoms with Gasteiger partial charge in [-0.3, -0.25) is 0 Å². The summed E-state index contributed by atoms with van der Waals surface area (Å²) >= 11 is 5.95. The first kappa shape index (κ1) is 16.2. The molecule has 1 aliphatic rings. The van der Waals surface area contributed by atoms with Crippen molar-refractivity contribution in [3.05, 3.63) is 29.3 Å². The molecule has 1 N–H and O–H groups in total. The second kappa shape index (κ2) is 6.74. The molecule has 0 saturated carbocycles. The van der Waals surface area contributed by atoms with Gasteiger partial charge in [-0.2, -0.15) is 4.31 Å². The molecule has 116 valence electrons. The number of carbonyl (C=O) groups is 1. The molecule has 0 spiro atoms. The Morgan fingerprint density at radius 3 is 2.52 bits per heavy atom. The Balaban J connectivity index is 2.01. The van der Waals surface area contributed by atoms with E-state index in [4.69, 9.17) is 21.4 Å². The number of hydrogen-bond acceptors (Lipinski definition) is 4. The van der Waals surface area contributed by atoms with Crippen LogP contribution in [0.15, 0.2) is 29.2 Å². The number of rotatable bonds is 5. The maximum atomic E-state index is 12.5. The van der Waals surface area contributed by atoms with E-state index in [9.17, 15) is 13.2 Å². The smallest absolute Gasteiger partial charge is 0.329 e. The largest absolute Gasteiger partial charge is 0.480 e. The van der Waals surface area contributed by atoms with Crippen LogP contribution < -0.4 is 0 Å².